The third-order valence-corrected chi connectivity index (χ3v) is 5.44. The van der Waals surface area contributed by atoms with Crippen LogP contribution in [0.4, 0.5) is 0 Å². The number of hydrogen-bond donors (Lipinski definition) is 0. The van der Waals surface area contributed by atoms with Gasteiger partial charge >= 0.3 is 0 Å². The summed E-state index contributed by atoms with van der Waals surface area (Å²) in [6, 6.07) is 0. The lowest BCUT2D eigenvalue weighted by atomic mass is 10.1. The summed E-state index contributed by atoms with van der Waals surface area (Å²) >= 11 is 2.18. The second kappa shape index (κ2) is 20.3. The second-order valence-corrected chi connectivity index (χ2v) is 7.79. The van der Waals surface area contributed by atoms with Crippen LogP contribution in [0.15, 0.2) is 0 Å². The Kier molecular flexibility index (Phi) is 20.7. The van der Waals surface area contributed by atoms with Crippen LogP contribution in [0.2, 0.25) is 0 Å². The normalized spacial score (nSPS) is 11.1. The fourth-order valence-corrected chi connectivity index (χ4v) is 3.80. The number of rotatable bonds is 18. The van der Waals surface area contributed by atoms with Crippen LogP contribution in [0.25, 0.3) is 0 Å². The molecule has 0 aromatic carbocycles. The molecular weight excluding hydrogens is 272 g/mol. The van der Waals surface area contributed by atoms with E-state index in [9.17, 15) is 0 Å². The number of unbranched alkanes of at least 4 members (excludes halogenated alkanes) is 14. The molecule has 0 heterocycles. The van der Waals surface area contributed by atoms with Gasteiger partial charge in [-0.2, -0.15) is 11.8 Å². The predicted molar refractivity (Wildman–Crippen MR) is 103 cm³/mol. The molecule has 0 fully saturated rings. The zero-order chi connectivity index (χ0) is 15.4. The molecular formula is C20H42S. The molecule has 0 N–H and O–H groups in total. The monoisotopic (exact) mass is 314 g/mol. The van der Waals surface area contributed by atoms with Crippen LogP contribution >= 0.6 is 11.8 Å². The Hall–Kier alpha value is 0.350. The van der Waals surface area contributed by atoms with E-state index >= 15 is 0 Å². The summed E-state index contributed by atoms with van der Waals surface area (Å²) in [6.07, 6.45) is 23.3. The highest BCUT2D eigenvalue weighted by atomic mass is 32.2. The lowest BCUT2D eigenvalue weighted by Crippen LogP contribution is -1.86. The van der Waals surface area contributed by atoms with Gasteiger partial charge in [0.25, 0.3) is 0 Å². The molecule has 0 saturated carbocycles. The first-order valence-corrected chi connectivity index (χ1v) is 11.1. The second-order valence-electron chi connectivity index (χ2n) is 6.56. The van der Waals surface area contributed by atoms with E-state index < -0.39 is 0 Å². The smallest absolute Gasteiger partial charge is 0.00675 e. The lowest BCUT2D eigenvalue weighted by Gasteiger charge is -2.03. The van der Waals surface area contributed by atoms with E-state index in [-0.39, 0.29) is 0 Å². The van der Waals surface area contributed by atoms with E-state index in [0.717, 1.165) is 0 Å². The highest BCUT2D eigenvalue weighted by Gasteiger charge is 1.94. The summed E-state index contributed by atoms with van der Waals surface area (Å²) in [5.41, 5.74) is 0. The predicted octanol–water partition coefficient (Wildman–Crippen LogP) is 8.00. The molecule has 0 aliphatic heterocycles. The van der Waals surface area contributed by atoms with E-state index in [1.165, 1.54) is 114 Å². The van der Waals surface area contributed by atoms with Crippen LogP contribution in [0, 0.1) is 0 Å². The van der Waals surface area contributed by atoms with Crippen molar-refractivity contribution in [3.05, 3.63) is 0 Å². The molecule has 0 aliphatic rings. The summed E-state index contributed by atoms with van der Waals surface area (Å²) in [6.45, 7) is 4.59. The van der Waals surface area contributed by atoms with Crippen molar-refractivity contribution in [3.63, 3.8) is 0 Å². The molecule has 0 amide bonds. The fraction of sp³-hybridized carbons (Fsp3) is 1.00. The maximum atomic E-state index is 2.30. The zero-order valence-corrected chi connectivity index (χ0v) is 16.0. The number of thioether (sulfide) groups is 1. The largest absolute Gasteiger partial charge is 0.162 e. The molecule has 0 aliphatic carbocycles. The first-order valence-electron chi connectivity index (χ1n) is 9.99. The van der Waals surface area contributed by atoms with Crippen molar-refractivity contribution in [1.29, 1.82) is 0 Å². The van der Waals surface area contributed by atoms with Crippen LogP contribution in [0.1, 0.15) is 117 Å². The van der Waals surface area contributed by atoms with Crippen LogP contribution in [0.5, 0.6) is 0 Å². The van der Waals surface area contributed by atoms with Gasteiger partial charge < -0.3 is 0 Å². The van der Waals surface area contributed by atoms with Crippen molar-refractivity contribution in [2.45, 2.75) is 117 Å². The quantitative estimate of drug-likeness (QED) is 0.231. The summed E-state index contributed by atoms with van der Waals surface area (Å²) in [4.78, 5) is 0. The molecule has 0 unspecified atom stereocenters. The van der Waals surface area contributed by atoms with Gasteiger partial charge in [0.15, 0.2) is 0 Å². The van der Waals surface area contributed by atoms with Gasteiger partial charge in [-0.1, -0.05) is 104 Å². The van der Waals surface area contributed by atoms with Crippen LogP contribution in [-0.2, 0) is 0 Å². The Morgan fingerprint density at radius 3 is 1.05 bits per heavy atom. The van der Waals surface area contributed by atoms with E-state index in [0.29, 0.717) is 0 Å². The zero-order valence-electron chi connectivity index (χ0n) is 15.1. The van der Waals surface area contributed by atoms with E-state index in [1.807, 2.05) is 0 Å². The van der Waals surface area contributed by atoms with E-state index in [1.54, 1.807) is 0 Å². The summed E-state index contributed by atoms with van der Waals surface area (Å²) in [7, 11) is 0. The van der Waals surface area contributed by atoms with Crippen molar-refractivity contribution in [1.82, 2.24) is 0 Å². The average Bonchev–Trinajstić information content (AvgIpc) is 2.50. The first kappa shape index (κ1) is 21.4. The highest BCUT2D eigenvalue weighted by molar-refractivity contribution is 7.99. The Labute approximate surface area is 140 Å². The molecule has 0 saturated heterocycles. The van der Waals surface area contributed by atoms with Gasteiger partial charge in [-0.05, 0) is 24.3 Å². The minimum atomic E-state index is 1.36. The molecule has 0 aromatic heterocycles. The Balaban J connectivity index is 2.90. The average molecular weight is 315 g/mol. The van der Waals surface area contributed by atoms with Crippen LogP contribution in [0.3, 0.4) is 0 Å². The molecule has 0 spiro atoms. The molecule has 0 rings (SSSR count). The molecule has 21 heavy (non-hydrogen) atoms. The van der Waals surface area contributed by atoms with Gasteiger partial charge in [-0.3, -0.25) is 0 Å². The highest BCUT2D eigenvalue weighted by Crippen LogP contribution is 2.14. The molecule has 128 valence electrons. The summed E-state index contributed by atoms with van der Waals surface area (Å²) in [5.74, 6) is 2.81. The van der Waals surface area contributed by atoms with Crippen LogP contribution in [-0.4, -0.2) is 11.5 Å². The minimum absolute atomic E-state index is 1.36. The van der Waals surface area contributed by atoms with Crippen molar-refractivity contribution in [3.8, 4) is 0 Å². The molecule has 1 heteroatoms. The van der Waals surface area contributed by atoms with Gasteiger partial charge in [-0.15, -0.1) is 0 Å². The van der Waals surface area contributed by atoms with Crippen molar-refractivity contribution >= 4 is 11.8 Å². The van der Waals surface area contributed by atoms with Crippen molar-refractivity contribution < 1.29 is 0 Å². The third-order valence-electron chi connectivity index (χ3n) is 4.28. The first-order chi connectivity index (χ1) is 10.4. The van der Waals surface area contributed by atoms with Gasteiger partial charge in [-0.25, -0.2) is 0 Å². The topological polar surface area (TPSA) is 0 Å². The Morgan fingerprint density at radius 2 is 0.667 bits per heavy atom. The molecule has 0 atom stereocenters. The SMILES string of the molecule is CCCCCCCCCCCCCCSCCCCCC. The van der Waals surface area contributed by atoms with Gasteiger partial charge in [0.1, 0.15) is 0 Å². The third kappa shape index (κ3) is 20.4. The maximum Gasteiger partial charge on any atom is -0.00675 e. The lowest BCUT2D eigenvalue weighted by molar-refractivity contribution is 0.548. The van der Waals surface area contributed by atoms with Gasteiger partial charge in [0.05, 0.1) is 0 Å². The molecule has 0 bridgehead atoms. The fourth-order valence-electron chi connectivity index (χ4n) is 2.78. The summed E-state index contributed by atoms with van der Waals surface area (Å²) in [5, 5.41) is 0. The standard InChI is InChI=1S/C20H42S/c1-3-5-7-9-10-11-12-13-14-15-16-18-20-21-19-17-8-6-4-2/h3-20H2,1-2H3. The van der Waals surface area contributed by atoms with Gasteiger partial charge in [0, 0.05) is 0 Å². The van der Waals surface area contributed by atoms with Gasteiger partial charge in [0.2, 0.25) is 0 Å². The summed E-state index contributed by atoms with van der Waals surface area (Å²) < 4.78 is 0. The molecule has 0 radical (unpaired) electrons. The Morgan fingerprint density at radius 1 is 0.381 bits per heavy atom. The van der Waals surface area contributed by atoms with E-state index in [2.05, 4.69) is 25.6 Å². The van der Waals surface area contributed by atoms with Crippen molar-refractivity contribution in [2.24, 2.45) is 0 Å². The maximum absolute atomic E-state index is 2.30. The van der Waals surface area contributed by atoms with Crippen molar-refractivity contribution in [2.75, 3.05) is 11.5 Å². The van der Waals surface area contributed by atoms with Crippen LogP contribution < -0.4 is 0 Å². The molecule has 0 aromatic rings. The van der Waals surface area contributed by atoms with E-state index in [4.69, 9.17) is 0 Å². The minimum Gasteiger partial charge on any atom is -0.162 e. The number of hydrogen-bond acceptors (Lipinski definition) is 1. The Bertz CT molecular complexity index is 149. The molecule has 0 nitrogen and oxygen atoms in total.